The lowest BCUT2D eigenvalue weighted by molar-refractivity contribution is 0.0932. The molecule has 1 aromatic carbocycles. The van der Waals surface area contributed by atoms with Crippen LogP contribution in [0.15, 0.2) is 36.9 Å². The zero-order chi connectivity index (χ0) is 16.2. The predicted molar refractivity (Wildman–Crippen MR) is 85.8 cm³/mol. The van der Waals surface area contributed by atoms with Gasteiger partial charge in [-0.2, -0.15) is 0 Å². The van der Waals surface area contributed by atoms with E-state index in [0.717, 1.165) is 17.5 Å². The number of imidazole rings is 2. The first-order valence-corrected chi connectivity index (χ1v) is 7.55. The van der Waals surface area contributed by atoms with Gasteiger partial charge in [-0.05, 0) is 24.6 Å². The highest BCUT2D eigenvalue weighted by atomic mass is 16.3. The molecule has 0 aliphatic rings. The summed E-state index contributed by atoms with van der Waals surface area (Å²) in [6.07, 6.45) is 6.16. The number of hydrogen-bond acceptors (Lipinski definition) is 4. The van der Waals surface area contributed by atoms with Gasteiger partial charge < -0.3 is 20.0 Å². The smallest absolute Gasteiger partial charge is 0.251 e. The van der Waals surface area contributed by atoms with Crippen LogP contribution in [0, 0.1) is 0 Å². The van der Waals surface area contributed by atoms with Crippen molar-refractivity contribution in [1.82, 2.24) is 24.8 Å². The lowest BCUT2D eigenvalue weighted by atomic mass is 10.1. The third-order valence-electron chi connectivity index (χ3n) is 3.76. The minimum atomic E-state index is -0.154. The molecule has 0 bridgehead atoms. The molecule has 0 unspecified atom stereocenters. The average Bonchev–Trinajstić information content (AvgIpc) is 3.21. The standard InChI is InChI=1S/C16H19N5O2/c1-2-12(8-21-6-5-17-10-21)18-16(23)11-3-4-13-14(7-11)20-15(9-22)19-13/h3-7,10,12,22H,2,8-9H2,1H3,(H,18,23)(H,19,20)/t12-/m1/s1. The van der Waals surface area contributed by atoms with Crippen LogP contribution in [-0.4, -0.2) is 36.6 Å². The molecule has 2 heterocycles. The number of benzene rings is 1. The normalized spacial score (nSPS) is 12.4. The Bertz CT molecular complexity index is 794. The molecule has 0 fully saturated rings. The zero-order valence-electron chi connectivity index (χ0n) is 12.9. The minimum Gasteiger partial charge on any atom is -0.388 e. The Labute approximate surface area is 133 Å². The third-order valence-corrected chi connectivity index (χ3v) is 3.76. The summed E-state index contributed by atoms with van der Waals surface area (Å²) in [5, 5.41) is 12.1. The number of amides is 1. The van der Waals surface area contributed by atoms with Gasteiger partial charge in [0, 0.05) is 30.5 Å². The van der Waals surface area contributed by atoms with Gasteiger partial charge in [-0.3, -0.25) is 4.79 Å². The maximum Gasteiger partial charge on any atom is 0.251 e. The molecule has 0 aliphatic heterocycles. The number of carbonyl (C=O) groups excluding carboxylic acids is 1. The molecule has 3 rings (SSSR count). The van der Waals surface area contributed by atoms with E-state index in [0.29, 0.717) is 17.9 Å². The van der Waals surface area contributed by atoms with Crippen LogP contribution in [0.2, 0.25) is 0 Å². The molecule has 0 aliphatic carbocycles. The van der Waals surface area contributed by atoms with Gasteiger partial charge in [-0.1, -0.05) is 6.92 Å². The molecule has 7 heteroatoms. The first-order valence-electron chi connectivity index (χ1n) is 7.55. The topological polar surface area (TPSA) is 95.8 Å². The molecule has 0 spiro atoms. The monoisotopic (exact) mass is 313 g/mol. The van der Waals surface area contributed by atoms with Gasteiger partial charge in [0.05, 0.1) is 17.4 Å². The molecule has 2 aromatic heterocycles. The van der Waals surface area contributed by atoms with E-state index in [1.165, 1.54) is 0 Å². The lowest BCUT2D eigenvalue weighted by Crippen LogP contribution is -2.37. The first-order chi connectivity index (χ1) is 11.2. The molecule has 3 aromatic rings. The van der Waals surface area contributed by atoms with Crippen LogP contribution >= 0.6 is 0 Å². The van der Waals surface area contributed by atoms with Crippen molar-refractivity contribution in [3.63, 3.8) is 0 Å². The van der Waals surface area contributed by atoms with Crippen molar-refractivity contribution in [2.45, 2.75) is 32.5 Å². The average molecular weight is 313 g/mol. The second kappa shape index (κ2) is 6.62. The molecule has 23 heavy (non-hydrogen) atoms. The quantitative estimate of drug-likeness (QED) is 0.642. The summed E-state index contributed by atoms with van der Waals surface area (Å²) in [6, 6.07) is 5.29. The van der Waals surface area contributed by atoms with Gasteiger partial charge in [0.1, 0.15) is 12.4 Å². The van der Waals surface area contributed by atoms with Gasteiger partial charge in [-0.15, -0.1) is 0 Å². The second-order valence-corrected chi connectivity index (χ2v) is 5.41. The van der Waals surface area contributed by atoms with Crippen molar-refractivity contribution >= 4 is 16.9 Å². The molecular weight excluding hydrogens is 294 g/mol. The summed E-state index contributed by atoms with van der Waals surface area (Å²) in [7, 11) is 0. The number of aromatic nitrogens is 4. The van der Waals surface area contributed by atoms with Crippen LogP contribution in [0.25, 0.3) is 11.0 Å². The van der Waals surface area contributed by atoms with E-state index in [2.05, 4.69) is 20.3 Å². The molecule has 1 atom stereocenters. The Hall–Kier alpha value is -2.67. The number of hydrogen-bond donors (Lipinski definition) is 3. The number of H-pyrrole nitrogens is 1. The number of nitrogens with zero attached hydrogens (tertiary/aromatic N) is 3. The molecule has 7 nitrogen and oxygen atoms in total. The molecule has 120 valence electrons. The number of fused-ring (bicyclic) bond motifs is 1. The summed E-state index contributed by atoms with van der Waals surface area (Å²) in [6.45, 7) is 2.57. The van der Waals surface area contributed by atoms with Crippen molar-refractivity contribution in [2.75, 3.05) is 0 Å². The molecule has 0 saturated carbocycles. The molecule has 1 amide bonds. The van der Waals surface area contributed by atoms with E-state index in [1.54, 1.807) is 30.7 Å². The van der Waals surface area contributed by atoms with Crippen LogP contribution in [0.4, 0.5) is 0 Å². The number of carbonyl (C=O) groups is 1. The fourth-order valence-electron chi connectivity index (χ4n) is 2.47. The van der Waals surface area contributed by atoms with E-state index in [9.17, 15) is 4.79 Å². The second-order valence-electron chi connectivity index (χ2n) is 5.41. The Morgan fingerprint density at radius 2 is 2.35 bits per heavy atom. The molecule has 0 radical (unpaired) electrons. The van der Waals surface area contributed by atoms with Gasteiger partial charge in [-0.25, -0.2) is 9.97 Å². The highest BCUT2D eigenvalue weighted by Gasteiger charge is 2.14. The van der Waals surface area contributed by atoms with Crippen LogP contribution in [0.5, 0.6) is 0 Å². The number of aromatic amines is 1. The predicted octanol–water partition coefficient (Wildman–Crippen LogP) is 1.46. The van der Waals surface area contributed by atoms with Crippen molar-refractivity contribution in [2.24, 2.45) is 0 Å². The highest BCUT2D eigenvalue weighted by Crippen LogP contribution is 2.14. The van der Waals surface area contributed by atoms with Crippen molar-refractivity contribution < 1.29 is 9.90 Å². The number of nitrogens with one attached hydrogen (secondary N) is 2. The number of rotatable bonds is 6. The van der Waals surface area contributed by atoms with E-state index >= 15 is 0 Å². The molecule has 0 saturated heterocycles. The summed E-state index contributed by atoms with van der Waals surface area (Å²) >= 11 is 0. The summed E-state index contributed by atoms with van der Waals surface area (Å²) < 4.78 is 1.94. The molecule has 3 N–H and O–H groups in total. The summed E-state index contributed by atoms with van der Waals surface area (Å²) in [5.41, 5.74) is 2.04. The first kappa shape index (κ1) is 15.2. The summed E-state index contributed by atoms with van der Waals surface area (Å²) in [5.74, 6) is 0.364. The van der Waals surface area contributed by atoms with Crippen LogP contribution in [0.3, 0.4) is 0 Å². The maximum atomic E-state index is 12.4. The molecular formula is C16H19N5O2. The van der Waals surface area contributed by atoms with Crippen LogP contribution in [-0.2, 0) is 13.2 Å². The van der Waals surface area contributed by atoms with Gasteiger partial charge in [0.2, 0.25) is 0 Å². The van der Waals surface area contributed by atoms with Crippen molar-refractivity contribution in [3.05, 3.63) is 48.3 Å². The number of aliphatic hydroxyl groups is 1. The van der Waals surface area contributed by atoms with Crippen molar-refractivity contribution in [1.29, 1.82) is 0 Å². The highest BCUT2D eigenvalue weighted by molar-refractivity contribution is 5.97. The van der Waals surface area contributed by atoms with Gasteiger partial charge in [0.25, 0.3) is 5.91 Å². The Morgan fingerprint density at radius 3 is 3.04 bits per heavy atom. The minimum absolute atomic E-state index is 0.0298. The Balaban J connectivity index is 1.73. The SMILES string of the molecule is CC[C@H](Cn1ccnc1)NC(=O)c1ccc2nc(CO)[nH]c2c1. The van der Waals surface area contributed by atoms with E-state index < -0.39 is 0 Å². The van der Waals surface area contributed by atoms with Crippen molar-refractivity contribution in [3.8, 4) is 0 Å². The number of aliphatic hydroxyl groups excluding tert-OH is 1. The van der Waals surface area contributed by atoms with Gasteiger partial charge in [0.15, 0.2) is 0 Å². The van der Waals surface area contributed by atoms with Crippen LogP contribution < -0.4 is 5.32 Å². The third kappa shape index (κ3) is 3.40. The fourth-order valence-corrected chi connectivity index (χ4v) is 2.47. The maximum absolute atomic E-state index is 12.4. The largest absolute Gasteiger partial charge is 0.388 e. The Kier molecular flexibility index (Phi) is 4.38. The lowest BCUT2D eigenvalue weighted by Gasteiger charge is -2.17. The fraction of sp³-hybridized carbons (Fsp3) is 0.312. The van der Waals surface area contributed by atoms with Gasteiger partial charge >= 0.3 is 0 Å². The van der Waals surface area contributed by atoms with E-state index in [4.69, 9.17) is 5.11 Å². The summed E-state index contributed by atoms with van der Waals surface area (Å²) in [4.78, 5) is 23.7. The Morgan fingerprint density at radius 1 is 1.48 bits per heavy atom. The van der Waals surface area contributed by atoms with E-state index in [1.807, 2.05) is 17.7 Å². The van der Waals surface area contributed by atoms with E-state index in [-0.39, 0.29) is 18.6 Å². The van der Waals surface area contributed by atoms with Crippen LogP contribution in [0.1, 0.15) is 29.5 Å². The zero-order valence-corrected chi connectivity index (χ0v) is 12.9.